The van der Waals surface area contributed by atoms with Gasteiger partial charge in [-0.3, -0.25) is 13.9 Å². The normalized spacial score (nSPS) is 25.1. The Hall–Kier alpha value is -2.09. The number of benzene rings is 1. The van der Waals surface area contributed by atoms with Gasteiger partial charge in [0.2, 0.25) is 15.9 Å². The summed E-state index contributed by atoms with van der Waals surface area (Å²) in [5, 5.41) is 11.5. The number of carbonyl (C=O) groups excluding carboxylic acids is 1. The lowest BCUT2D eigenvalue weighted by atomic mass is 10.2. The van der Waals surface area contributed by atoms with Crippen molar-refractivity contribution >= 4 is 27.6 Å². The zero-order valence-corrected chi connectivity index (χ0v) is 13.3. The van der Waals surface area contributed by atoms with E-state index in [9.17, 15) is 18.0 Å². The quantitative estimate of drug-likeness (QED) is 0.816. The van der Waals surface area contributed by atoms with Crippen LogP contribution in [0.2, 0.25) is 0 Å². The van der Waals surface area contributed by atoms with Crippen LogP contribution in [-0.4, -0.2) is 37.7 Å². The van der Waals surface area contributed by atoms with E-state index in [-0.39, 0.29) is 18.2 Å². The summed E-state index contributed by atoms with van der Waals surface area (Å²) < 4.78 is 25.3. The van der Waals surface area contributed by atoms with Crippen molar-refractivity contribution in [1.29, 1.82) is 0 Å². The number of amides is 1. The Morgan fingerprint density at radius 1 is 1.30 bits per heavy atom. The highest BCUT2D eigenvalue weighted by molar-refractivity contribution is 7.93. The van der Waals surface area contributed by atoms with Gasteiger partial charge in [0, 0.05) is 13.1 Å². The number of carboxylic acids is 1. The fourth-order valence-corrected chi connectivity index (χ4v) is 4.39. The number of nitrogens with one attached hydrogen (secondary N) is 1. The van der Waals surface area contributed by atoms with Gasteiger partial charge in [0.1, 0.15) is 0 Å². The van der Waals surface area contributed by atoms with Gasteiger partial charge in [0.05, 0.1) is 23.3 Å². The lowest BCUT2D eigenvalue weighted by Crippen LogP contribution is -2.27. The third-order valence-electron chi connectivity index (χ3n) is 4.21. The van der Waals surface area contributed by atoms with Crippen LogP contribution in [0.15, 0.2) is 24.3 Å². The van der Waals surface area contributed by atoms with E-state index in [0.29, 0.717) is 25.1 Å². The minimum Gasteiger partial charge on any atom is -0.481 e. The van der Waals surface area contributed by atoms with Crippen molar-refractivity contribution < 1.29 is 23.1 Å². The summed E-state index contributed by atoms with van der Waals surface area (Å²) in [5.74, 6) is -2.07. The molecular formula is C15H18N2O5S. The Bertz CT molecular complexity index is 746. The molecule has 8 heteroatoms. The van der Waals surface area contributed by atoms with Gasteiger partial charge in [0.15, 0.2) is 0 Å². The van der Waals surface area contributed by atoms with Crippen LogP contribution in [0.5, 0.6) is 0 Å². The molecule has 2 N–H and O–H groups in total. The molecule has 3 rings (SSSR count). The number of hydrogen-bond donors (Lipinski definition) is 2. The van der Waals surface area contributed by atoms with E-state index < -0.39 is 27.8 Å². The van der Waals surface area contributed by atoms with Crippen LogP contribution in [0.3, 0.4) is 0 Å². The van der Waals surface area contributed by atoms with Crippen LogP contribution in [0.1, 0.15) is 18.4 Å². The van der Waals surface area contributed by atoms with E-state index in [2.05, 4.69) is 5.32 Å². The zero-order chi connectivity index (χ0) is 16.6. The highest BCUT2D eigenvalue weighted by Crippen LogP contribution is 2.38. The Labute approximate surface area is 134 Å². The third kappa shape index (κ3) is 3.31. The van der Waals surface area contributed by atoms with Gasteiger partial charge in [-0.25, -0.2) is 8.42 Å². The number of anilines is 1. The second-order valence-corrected chi connectivity index (χ2v) is 7.93. The first-order valence-electron chi connectivity index (χ1n) is 7.48. The lowest BCUT2D eigenvalue weighted by molar-refractivity contribution is -0.140. The molecule has 1 aliphatic carbocycles. The van der Waals surface area contributed by atoms with Gasteiger partial charge in [-0.05, 0) is 30.5 Å². The van der Waals surface area contributed by atoms with E-state index in [4.69, 9.17) is 5.11 Å². The smallest absolute Gasteiger partial charge is 0.307 e. The topological polar surface area (TPSA) is 104 Å². The molecule has 1 aliphatic heterocycles. The number of nitrogens with zero attached hydrogens (tertiary/aromatic N) is 1. The molecule has 7 nitrogen and oxygen atoms in total. The first-order chi connectivity index (χ1) is 10.9. The predicted octanol–water partition coefficient (Wildman–Crippen LogP) is 0.563. The van der Waals surface area contributed by atoms with Crippen molar-refractivity contribution in [3.63, 3.8) is 0 Å². The fraction of sp³-hybridized carbons (Fsp3) is 0.467. The lowest BCUT2D eigenvalue weighted by Gasteiger charge is -2.17. The standard InChI is InChI=1S/C15H18N2O5S/c18-14(12-8-13(12)15(19)20)16-9-10-3-1-4-11(7-10)17-5-2-6-23(17,21)22/h1,3-4,7,12-13H,2,5-6,8-9H2,(H,16,18)(H,19,20)/t12-,13-/m1/s1. The summed E-state index contributed by atoms with van der Waals surface area (Å²) >= 11 is 0. The summed E-state index contributed by atoms with van der Waals surface area (Å²) in [7, 11) is -3.23. The number of rotatable bonds is 5. The van der Waals surface area contributed by atoms with Crippen molar-refractivity contribution in [3.05, 3.63) is 29.8 Å². The Morgan fingerprint density at radius 2 is 2.09 bits per heavy atom. The molecule has 2 atom stereocenters. The second kappa shape index (κ2) is 5.84. The van der Waals surface area contributed by atoms with Crippen molar-refractivity contribution in [3.8, 4) is 0 Å². The maximum absolute atomic E-state index is 11.9. The molecule has 0 aromatic heterocycles. The van der Waals surface area contributed by atoms with Crippen LogP contribution < -0.4 is 9.62 Å². The van der Waals surface area contributed by atoms with Crippen LogP contribution in [0, 0.1) is 11.8 Å². The molecule has 1 heterocycles. The highest BCUT2D eigenvalue weighted by atomic mass is 32.2. The van der Waals surface area contributed by atoms with E-state index in [1.807, 2.05) is 0 Å². The van der Waals surface area contributed by atoms with Crippen molar-refractivity contribution in [2.24, 2.45) is 11.8 Å². The Balaban J connectivity index is 1.62. The van der Waals surface area contributed by atoms with Crippen molar-refractivity contribution in [2.45, 2.75) is 19.4 Å². The number of carboxylic acid groups (broad SMARTS) is 1. The van der Waals surface area contributed by atoms with Crippen LogP contribution in [0.25, 0.3) is 0 Å². The molecule has 0 unspecified atom stereocenters. The molecule has 1 aromatic carbocycles. The van der Waals surface area contributed by atoms with Crippen molar-refractivity contribution in [2.75, 3.05) is 16.6 Å². The highest BCUT2D eigenvalue weighted by Gasteiger charge is 2.48. The molecule has 2 aliphatic rings. The molecule has 1 amide bonds. The number of sulfonamides is 1. The van der Waals surface area contributed by atoms with E-state index in [1.54, 1.807) is 24.3 Å². The molecule has 124 valence electrons. The number of carbonyl (C=O) groups is 2. The largest absolute Gasteiger partial charge is 0.481 e. The van der Waals surface area contributed by atoms with E-state index >= 15 is 0 Å². The van der Waals surface area contributed by atoms with Crippen LogP contribution in [-0.2, 0) is 26.2 Å². The summed E-state index contributed by atoms with van der Waals surface area (Å²) in [6, 6.07) is 7.02. The van der Waals surface area contributed by atoms with E-state index in [0.717, 1.165) is 5.56 Å². The maximum Gasteiger partial charge on any atom is 0.307 e. The monoisotopic (exact) mass is 338 g/mol. The first-order valence-corrected chi connectivity index (χ1v) is 9.09. The molecule has 2 fully saturated rings. The predicted molar refractivity (Wildman–Crippen MR) is 83.3 cm³/mol. The average Bonchev–Trinajstić information content (AvgIpc) is 3.23. The summed E-state index contributed by atoms with van der Waals surface area (Å²) in [5.41, 5.74) is 1.38. The molecule has 1 saturated carbocycles. The molecule has 0 bridgehead atoms. The minimum absolute atomic E-state index is 0.159. The molecule has 23 heavy (non-hydrogen) atoms. The third-order valence-corrected chi connectivity index (χ3v) is 6.08. The zero-order valence-electron chi connectivity index (χ0n) is 12.4. The maximum atomic E-state index is 11.9. The van der Waals surface area contributed by atoms with Gasteiger partial charge in [-0.15, -0.1) is 0 Å². The first kappa shape index (κ1) is 15.8. The number of hydrogen-bond acceptors (Lipinski definition) is 4. The Kier molecular flexibility index (Phi) is 4.01. The Morgan fingerprint density at radius 3 is 2.70 bits per heavy atom. The SMILES string of the molecule is O=C(O)[C@@H]1C[C@H]1C(=O)NCc1cccc(N2CCCS2(=O)=O)c1. The summed E-state index contributed by atoms with van der Waals surface area (Å²) in [4.78, 5) is 22.6. The van der Waals surface area contributed by atoms with Gasteiger partial charge < -0.3 is 10.4 Å². The van der Waals surface area contributed by atoms with Crippen LogP contribution in [0.4, 0.5) is 5.69 Å². The van der Waals surface area contributed by atoms with Gasteiger partial charge >= 0.3 is 5.97 Å². The van der Waals surface area contributed by atoms with Gasteiger partial charge in [-0.2, -0.15) is 0 Å². The minimum atomic E-state index is -3.23. The van der Waals surface area contributed by atoms with E-state index in [1.165, 1.54) is 4.31 Å². The van der Waals surface area contributed by atoms with Crippen molar-refractivity contribution in [1.82, 2.24) is 5.32 Å². The van der Waals surface area contributed by atoms with Crippen LogP contribution >= 0.6 is 0 Å². The molecule has 1 aromatic rings. The average molecular weight is 338 g/mol. The molecule has 0 radical (unpaired) electrons. The van der Waals surface area contributed by atoms with Gasteiger partial charge in [-0.1, -0.05) is 12.1 Å². The summed E-state index contributed by atoms with van der Waals surface area (Å²) in [6.07, 6.45) is 0.995. The summed E-state index contributed by atoms with van der Waals surface area (Å²) in [6.45, 7) is 0.726. The molecule has 0 spiro atoms. The number of aliphatic carboxylic acids is 1. The fourth-order valence-electron chi connectivity index (χ4n) is 2.83. The molecule has 1 saturated heterocycles. The second-order valence-electron chi connectivity index (χ2n) is 5.92. The van der Waals surface area contributed by atoms with Gasteiger partial charge in [0.25, 0.3) is 0 Å². The molecular weight excluding hydrogens is 320 g/mol.